The van der Waals surface area contributed by atoms with Crippen molar-refractivity contribution in [1.82, 2.24) is 9.88 Å². The normalized spacial score (nSPS) is 23.2. The first-order valence-electron chi connectivity index (χ1n) is 6.20. The van der Waals surface area contributed by atoms with E-state index in [1.54, 1.807) is 12.3 Å². The van der Waals surface area contributed by atoms with E-state index in [-0.39, 0.29) is 6.04 Å². The number of hydrogen-bond acceptors (Lipinski definition) is 3. The van der Waals surface area contributed by atoms with Crippen LogP contribution in [0.3, 0.4) is 0 Å². The number of carbonyl (C=O) groups excluding carboxylic acids is 2. The van der Waals surface area contributed by atoms with Gasteiger partial charge in [-0.15, -0.1) is 0 Å². The number of likely N-dealkylation sites (tertiary alicyclic amines) is 1. The number of primary amides is 1. The molecule has 2 heterocycles. The number of nitrogens with zero attached hydrogens (tertiary/aromatic N) is 2. The molecule has 0 aromatic carbocycles. The van der Waals surface area contributed by atoms with E-state index in [2.05, 4.69) is 4.98 Å². The molecule has 2 N–H and O–H groups in total. The highest BCUT2D eigenvalue weighted by Crippen LogP contribution is 2.33. The monoisotopic (exact) mass is 281 g/mol. The molecule has 2 atom stereocenters. The number of piperidine rings is 1. The summed E-state index contributed by atoms with van der Waals surface area (Å²) >= 11 is 5.92. The van der Waals surface area contributed by atoms with Crippen LogP contribution in [0.25, 0.3) is 0 Å². The van der Waals surface area contributed by atoms with Gasteiger partial charge in [0.2, 0.25) is 0 Å². The fourth-order valence-corrected chi connectivity index (χ4v) is 2.66. The fraction of sp³-hybridized carbons (Fsp3) is 0.462. The number of amides is 2. The first-order chi connectivity index (χ1) is 8.99. The highest BCUT2D eigenvalue weighted by atomic mass is 35.5. The minimum absolute atomic E-state index is 0.178. The van der Waals surface area contributed by atoms with Crippen LogP contribution in [0.2, 0.25) is 5.02 Å². The van der Waals surface area contributed by atoms with E-state index in [4.69, 9.17) is 17.3 Å². The van der Waals surface area contributed by atoms with Gasteiger partial charge in [-0.3, -0.25) is 14.6 Å². The first kappa shape index (κ1) is 13.8. The number of carbonyl (C=O) groups is 2. The average molecular weight is 282 g/mol. The van der Waals surface area contributed by atoms with Crippen molar-refractivity contribution in [2.24, 2.45) is 11.7 Å². The molecular formula is C13H16ClN3O2. The van der Waals surface area contributed by atoms with Crippen molar-refractivity contribution in [3.05, 3.63) is 29.0 Å². The van der Waals surface area contributed by atoms with Gasteiger partial charge < -0.3 is 10.6 Å². The van der Waals surface area contributed by atoms with Crippen LogP contribution in [0.1, 0.15) is 31.4 Å². The van der Waals surface area contributed by atoms with Gasteiger partial charge in [-0.05, 0) is 30.4 Å². The van der Waals surface area contributed by atoms with Crippen molar-refractivity contribution in [1.29, 1.82) is 0 Å². The second-order valence-corrected chi connectivity index (χ2v) is 5.39. The van der Waals surface area contributed by atoms with Crippen LogP contribution in [0.5, 0.6) is 0 Å². The lowest BCUT2D eigenvalue weighted by molar-refractivity contribution is -0.147. The highest BCUT2D eigenvalue weighted by Gasteiger charge is 2.33. The maximum Gasteiger partial charge on any atom is 0.312 e. The maximum absolute atomic E-state index is 11.9. The summed E-state index contributed by atoms with van der Waals surface area (Å²) in [6.07, 6.45) is 4.98. The Balaban J connectivity index is 2.30. The van der Waals surface area contributed by atoms with Crippen molar-refractivity contribution in [3.8, 4) is 0 Å². The third kappa shape index (κ3) is 3.04. The van der Waals surface area contributed by atoms with Crippen LogP contribution < -0.4 is 5.73 Å². The number of pyridine rings is 1. The van der Waals surface area contributed by atoms with E-state index in [1.165, 1.54) is 11.1 Å². The average Bonchev–Trinajstić information content (AvgIpc) is 2.37. The largest absolute Gasteiger partial charge is 0.361 e. The van der Waals surface area contributed by atoms with Gasteiger partial charge >= 0.3 is 11.8 Å². The third-order valence-corrected chi connectivity index (χ3v) is 3.61. The van der Waals surface area contributed by atoms with Crippen LogP contribution in [-0.2, 0) is 9.59 Å². The lowest BCUT2D eigenvalue weighted by Crippen LogP contribution is -2.46. The molecule has 1 saturated heterocycles. The molecule has 0 bridgehead atoms. The van der Waals surface area contributed by atoms with Crippen LogP contribution in [0.15, 0.2) is 18.5 Å². The molecule has 2 amide bonds. The topological polar surface area (TPSA) is 76.3 Å². The van der Waals surface area contributed by atoms with Crippen LogP contribution in [-0.4, -0.2) is 28.2 Å². The standard InChI is InChI=1S/C13H16ClN3O2/c1-8-2-3-11(9-4-10(14)6-16-5-9)17(7-8)13(19)12(15)18/h4-6,8,11H,2-3,7H2,1H3,(H2,15,18). The van der Waals surface area contributed by atoms with Gasteiger partial charge in [0.05, 0.1) is 11.1 Å². The van der Waals surface area contributed by atoms with E-state index >= 15 is 0 Å². The molecule has 2 unspecified atom stereocenters. The molecule has 0 radical (unpaired) electrons. The van der Waals surface area contributed by atoms with Crippen molar-refractivity contribution < 1.29 is 9.59 Å². The smallest absolute Gasteiger partial charge is 0.312 e. The van der Waals surface area contributed by atoms with Gasteiger partial charge in [-0.25, -0.2) is 0 Å². The summed E-state index contributed by atoms with van der Waals surface area (Å²) in [5.74, 6) is -1.21. The molecular weight excluding hydrogens is 266 g/mol. The Bertz CT molecular complexity index is 506. The predicted octanol–water partition coefficient (Wildman–Crippen LogP) is 1.52. The Kier molecular flexibility index (Phi) is 4.04. The SMILES string of the molecule is CC1CCC(c2cncc(Cl)c2)N(C(=O)C(N)=O)C1. The molecule has 102 valence electrons. The lowest BCUT2D eigenvalue weighted by Gasteiger charge is -2.38. The molecule has 1 aromatic rings. The molecule has 0 aliphatic carbocycles. The van der Waals surface area contributed by atoms with E-state index < -0.39 is 11.8 Å². The lowest BCUT2D eigenvalue weighted by atomic mass is 9.90. The predicted molar refractivity (Wildman–Crippen MR) is 71.3 cm³/mol. The van der Waals surface area contributed by atoms with Gasteiger partial charge in [-0.1, -0.05) is 18.5 Å². The van der Waals surface area contributed by atoms with Gasteiger partial charge in [0, 0.05) is 18.9 Å². The Morgan fingerprint density at radius 1 is 1.42 bits per heavy atom. The highest BCUT2D eigenvalue weighted by molar-refractivity contribution is 6.34. The Labute approximate surface area is 116 Å². The molecule has 2 rings (SSSR count). The van der Waals surface area contributed by atoms with E-state index in [0.717, 1.165) is 18.4 Å². The minimum Gasteiger partial charge on any atom is -0.361 e. The molecule has 1 aliphatic heterocycles. The van der Waals surface area contributed by atoms with Crippen LogP contribution in [0.4, 0.5) is 0 Å². The molecule has 1 aromatic heterocycles. The van der Waals surface area contributed by atoms with Crippen LogP contribution in [0, 0.1) is 5.92 Å². The zero-order valence-corrected chi connectivity index (χ0v) is 11.4. The summed E-state index contributed by atoms with van der Waals surface area (Å²) in [6.45, 7) is 2.58. The zero-order valence-electron chi connectivity index (χ0n) is 10.7. The van der Waals surface area contributed by atoms with Crippen molar-refractivity contribution in [2.75, 3.05) is 6.54 Å². The number of halogens is 1. The number of aromatic nitrogens is 1. The second-order valence-electron chi connectivity index (χ2n) is 4.96. The summed E-state index contributed by atoms with van der Waals surface area (Å²) < 4.78 is 0. The zero-order chi connectivity index (χ0) is 14.0. The van der Waals surface area contributed by atoms with Crippen molar-refractivity contribution in [3.63, 3.8) is 0 Å². The Morgan fingerprint density at radius 2 is 2.16 bits per heavy atom. The van der Waals surface area contributed by atoms with Gasteiger partial charge in [0.1, 0.15) is 0 Å². The summed E-state index contributed by atoms with van der Waals surface area (Å²) in [4.78, 5) is 28.6. The number of rotatable bonds is 1. The quantitative estimate of drug-likeness (QED) is 0.793. The van der Waals surface area contributed by atoms with Gasteiger partial charge in [0.15, 0.2) is 0 Å². The van der Waals surface area contributed by atoms with Crippen molar-refractivity contribution in [2.45, 2.75) is 25.8 Å². The molecule has 19 heavy (non-hydrogen) atoms. The number of hydrogen-bond donors (Lipinski definition) is 1. The first-order valence-corrected chi connectivity index (χ1v) is 6.57. The third-order valence-electron chi connectivity index (χ3n) is 3.40. The molecule has 0 spiro atoms. The van der Waals surface area contributed by atoms with Crippen LogP contribution >= 0.6 is 11.6 Å². The Morgan fingerprint density at radius 3 is 2.79 bits per heavy atom. The summed E-state index contributed by atoms with van der Waals surface area (Å²) in [5.41, 5.74) is 5.95. The van der Waals surface area contributed by atoms with E-state index in [9.17, 15) is 9.59 Å². The molecule has 1 aliphatic rings. The summed E-state index contributed by atoms with van der Waals surface area (Å²) in [6, 6.07) is 1.60. The second kappa shape index (κ2) is 5.57. The molecule has 6 heteroatoms. The minimum atomic E-state index is -0.922. The van der Waals surface area contributed by atoms with Gasteiger partial charge in [-0.2, -0.15) is 0 Å². The molecule has 1 fully saturated rings. The summed E-state index contributed by atoms with van der Waals surface area (Å²) in [7, 11) is 0. The Hall–Kier alpha value is -1.62. The molecule has 0 saturated carbocycles. The summed E-state index contributed by atoms with van der Waals surface area (Å²) in [5, 5.41) is 0.516. The van der Waals surface area contributed by atoms with Crippen molar-refractivity contribution >= 4 is 23.4 Å². The fourth-order valence-electron chi connectivity index (χ4n) is 2.48. The maximum atomic E-state index is 11.9. The molecule has 5 nitrogen and oxygen atoms in total. The number of nitrogens with two attached hydrogens (primary N) is 1. The van der Waals surface area contributed by atoms with Gasteiger partial charge in [0.25, 0.3) is 0 Å². The van der Waals surface area contributed by atoms with E-state index in [0.29, 0.717) is 17.5 Å². The van der Waals surface area contributed by atoms with E-state index in [1.807, 2.05) is 6.92 Å².